The summed E-state index contributed by atoms with van der Waals surface area (Å²) >= 11 is 0. The van der Waals surface area contributed by atoms with Gasteiger partial charge in [0.15, 0.2) is 11.5 Å². The van der Waals surface area contributed by atoms with Crippen LogP contribution in [0.5, 0.6) is 11.5 Å². The zero-order valence-corrected chi connectivity index (χ0v) is 7.99. The van der Waals surface area contributed by atoms with Crippen LogP contribution >= 0.6 is 0 Å². The van der Waals surface area contributed by atoms with E-state index in [1.807, 2.05) is 0 Å². The highest BCUT2D eigenvalue weighted by Gasteiger charge is 1.98. The predicted octanol–water partition coefficient (Wildman–Crippen LogP) is 0.0569. The van der Waals surface area contributed by atoms with Crippen molar-refractivity contribution in [3.8, 4) is 11.5 Å². The van der Waals surface area contributed by atoms with Gasteiger partial charge in [-0.25, -0.2) is 5.43 Å². The van der Waals surface area contributed by atoms with E-state index in [0.717, 1.165) is 0 Å². The molecule has 82 valence electrons. The molecule has 8 heteroatoms. The van der Waals surface area contributed by atoms with Crippen LogP contribution < -0.4 is 5.43 Å². The normalized spacial score (nSPS) is 10.8. The van der Waals surface area contributed by atoms with Crippen LogP contribution in [0.4, 0.5) is 5.95 Å². The van der Waals surface area contributed by atoms with Gasteiger partial charge in [0.25, 0.3) is 5.95 Å². The first-order chi connectivity index (χ1) is 7.75. The lowest BCUT2D eigenvalue weighted by molar-refractivity contribution is 0.403. The highest BCUT2D eigenvalue weighted by atomic mass is 16.3. The lowest BCUT2D eigenvalue weighted by atomic mass is 10.2. The van der Waals surface area contributed by atoms with E-state index in [4.69, 9.17) is 5.11 Å². The first-order valence-electron chi connectivity index (χ1n) is 4.30. The molecule has 16 heavy (non-hydrogen) atoms. The zero-order valence-electron chi connectivity index (χ0n) is 7.99. The van der Waals surface area contributed by atoms with Gasteiger partial charge < -0.3 is 10.2 Å². The molecule has 1 aromatic heterocycles. The minimum absolute atomic E-state index is 0.178. The molecule has 0 bridgehead atoms. The Kier molecular flexibility index (Phi) is 2.63. The molecular weight excluding hydrogens is 212 g/mol. The van der Waals surface area contributed by atoms with Crippen molar-refractivity contribution in [1.29, 1.82) is 0 Å². The molecule has 0 aliphatic heterocycles. The van der Waals surface area contributed by atoms with Crippen molar-refractivity contribution in [2.75, 3.05) is 5.43 Å². The molecule has 0 atom stereocenters. The Labute approximate surface area is 89.6 Å². The average Bonchev–Trinajstić information content (AvgIpc) is 2.76. The second kappa shape index (κ2) is 4.26. The Morgan fingerprint density at radius 1 is 1.31 bits per heavy atom. The summed E-state index contributed by atoms with van der Waals surface area (Å²) in [6.45, 7) is 0. The van der Waals surface area contributed by atoms with Crippen molar-refractivity contribution in [2.24, 2.45) is 5.10 Å². The van der Waals surface area contributed by atoms with E-state index in [1.165, 1.54) is 18.3 Å². The number of hydrogen-bond donors (Lipinski definition) is 4. The molecule has 0 spiro atoms. The molecule has 0 aliphatic rings. The summed E-state index contributed by atoms with van der Waals surface area (Å²) in [6, 6.07) is 4.33. The number of phenols is 2. The predicted molar refractivity (Wildman–Crippen MR) is 55.2 cm³/mol. The molecule has 2 rings (SSSR count). The van der Waals surface area contributed by atoms with Crippen LogP contribution in [0.1, 0.15) is 5.56 Å². The lowest BCUT2D eigenvalue weighted by Crippen LogP contribution is -1.92. The van der Waals surface area contributed by atoms with Crippen molar-refractivity contribution in [3.63, 3.8) is 0 Å². The van der Waals surface area contributed by atoms with E-state index >= 15 is 0 Å². The number of aromatic amines is 1. The molecule has 0 fully saturated rings. The molecule has 0 saturated heterocycles. The molecule has 4 N–H and O–H groups in total. The molecule has 1 heterocycles. The second-order valence-electron chi connectivity index (χ2n) is 2.85. The molecule has 2 aromatic rings. The maximum absolute atomic E-state index is 9.21. The van der Waals surface area contributed by atoms with Gasteiger partial charge in [-0.1, -0.05) is 5.10 Å². The van der Waals surface area contributed by atoms with E-state index in [2.05, 4.69) is 31.2 Å². The number of hydrazone groups is 1. The number of H-pyrrole nitrogens is 1. The number of aromatic nitrogens is 4. The van der Waals surface area contributed by atoms with Gasteiger partial charge in [0.05, 0.1) is 6.21 Å². The van der Waals surface area contributed by atoms with Crippen LogP contribution in [-0.4, -0.2) is 37.1 Å². The summed E-state index contributed by atoms with van der Waals surface area (Å²) < 4.78 is 0. The van der Waals surface area contributed by atoms with Crippen molar-refractivity contribution < 1.29 is 10.2 Å². The van der Waals surface area contributed by atoms with E-state index in [9.17, 15) is 5.11 Å². The minimum atomic E-state index is -0.205. The second-order valence-corrected chi connectivity index (χ2v) is 2.85. The van der Waals surface area contributed by atoms with Gasteiger partial charge in [-0.3, -0.25) is 0 Å². The quantitative estimate of drug-likeness (QED) is 0.330. The highest BCUT2D eigenvalue weighted by molar-refractivity contribution is 5.81. The Bertz CT molecular complexity index is 495. The number of phenolic OH excluding ortho intramolecular Hbond substituents is 2. The largest absolute Gasteiger partial charge is 0.504 e. The van der Waals surface area contributed by atoms with Crippen LogP contribution in [0, 0.1) is 0 Å². The third-order valence-electron chi connectivity index (χ3n) is 1.72. The van der Waals surface area contributed by atoms with Gasteiger partial charge in [-0.05, 0) is 29.0 Å². The van der Waals surface area contributed by atoms with Gasteiger partial charge >= 0.3 is 0 Å². The molecule has 1 aromatic carbocycles. The maximum Gasteiger partial charge on any atom is 0.283 e. The topological polar surface area (TPSA) is 119 Å². The summed E-state index contributed by atoms with van der Waals surface area (Å²) in [4.78, 5) is 0. The fraction of sp³-hybridized carbons (Fsp3) is 0. The Morgan fingerprint density at radius 2 is 2.19 bits per heavy atom. The minimum Gasteiger partial charge on any atom is -0.504 e. The molecular formula is C8H8N6O2. The number of nitrogens with one attached hydrogen (secondary N) is 2. The monoisotopic (exact) mass is 220 g/mol. The van der Waals surface area contributed by atoms with Crippen LogP contribution in [0.2, 0.25) is 0 Å². The van der Waals surface area contributed by atoms with Gasteiger partial charge in [-0.15, -0.1) is 5.10 Å². The van der Waals surface area contributed by atoms with E-state index in [-0.39, 0.29) is 17.4 Å². The maximum atomic E-state index is 9.21. The number of aromatic hydroxyl groups is 2. The van der Waals surface area contributed by atoms with Gasteiger partial charge in [0, 0.05) is 0 Å². The third kappa shape index (κ3) is 2.23. The third-order valence-corrected chi connectivity index (χ3v) is 1.72. The molecule has 0 radical (unpaired) electrons. The first-order valence-corrected chi connectivity index (χ1v) is 4.30. The summed E-state index contributed by atoms with van der Waals surface area (Å²) in [6.07, 6.45) is 1.44. The Balaban J connectivity index is 2.03. The number of benzene rings is 1. The van der Waals surface area contributed by atoms with Crippen LogP contribution in [0.25, 0.3) is 0 Å². The molecule has 0 saturated carbocycles. The van der Waals surface area contributed by atoms with E-state index in [1.54, 1.807) is 6.07 Å². The first kappa shape index (κ1) is 9.90. The van der Waals surface area contributed by atoms with Crippen molar-refractivity contribution in [3.05, 3.63) is 23.8 Å². The number of tetrazole rings is 1. The van der Waals surface area contributed by atoms with Gasteiger partial charge in [0.2, 0.25) is 0 Å². The summed E-state index contributed by atoms with van der Waals surface area (Å²) in [5.41, 5.74) is 3.13. The fourth-order valence-electron chi connectivity index (χ4n) is 0.994. The zero-order chi connectivity index (χ0) is 11.4. The number of nitrogens with zero attached hydrogens (tertiary/aromatic N) is 4. The van der Waals surface area contributed by atoms with E-state index in [0.29, 0.717) is 5.56 Å². The average molecular weight is 220 g/mol. The van der Waals surface area contributed by atoms with E-state index < -0.39 is 0 Å². The Morgan fingerprint density at radius 3 is 2.88 bits per heavy atom. The SMILES string of the molecule is Oc1ccc(C=NNc2nn[nH]n2)cc1O. The van der Waals surface area contributed by atoms with Crippen molar-refractivity contribution in [2.45, 2.75) is 0 Å². The smallest absolute Gasteiger partial charge is 0.283 e. The number of rotatable bonds is 3. The van der Waals surface area contributed by atoms with Crippen molar-refractivity contribution >= 4 is 12.2 Å². The summed E-state index contributed by atoms with van der Waals surface area (Å²) in [5, 5.41) is 34.9. The number of hydrogen-bond acceptors (Lipinski definition) is 7. The van der Waals surface area contributed by atoms with Crippen LogP contribution in [-0.2, 0) is 0 Å². The van der Waals surface area contributed by atoms with Crippen molar-refractivity contribution in [1.82, 2.24) is 20.6 Å². The molecule has 0 unspecified atom stereocenters. The standard InChI is InChI=1S/C8H8N6O2/c15-6-2-1-5(3-7(6)16)4-9-10-8-11-13-14-12-8/h1-4,15-16H,(H2,10,11,12,13,14). The summed E-state index contributed by atoms with van der Waals surface area (Å²) in [7, 11) is 0. The molecule has 8 nitrogen and oxygen atoms in total. The summed E-state index contributed by atoms with van der Waals surface area (Å²) in [5.74, 6) is -0.147. The van der Waals surface area contributed by atoms with Gasteiger partial charge in [-0.2, -0.15) is 10.3 Å². The lowest BCUT2D eigenvalue weighted by Gasteiger charge is -1.97. The molecule has 0 aliphatic carbocycles. The fourth-order valence-corrected chi connectivity index (χ4v) is 0.994. The van der Waals surface area contributed by atoms with Crippen LogP contribution in [0.3, 0.4) is 0 Å². The van der Waals surface area contributed by atoms with Gasteiger partial charge in [0.1, 0.15) is 0 Å². The number of anilines is 1. The molecule has 0 amide bonds. The Hall–Kier alpha value is -2.64. The highest BCUT2D eigenvalue weighted by Crippen LogP contribution is 2.23. The van der Waals surface area contributed by atoms with Crippen LogP contribution in [0.15, 0.2) is 23.3 Å².